The van der Waals surface area contributed by atoms with Crippen LogP contribution >= 0.6 is 38.8 Å². The number of hydrogen-bond donors (Lipinski definition) is 2. The molecule has 1 aliphatic heterocycles. The first-order chi connectivity index (χ1) is 13.4. The topological polar surface area (TPSA) is 155 Å². The van der Waals surface area contributed by atoms with Crippen molar-refractivity contribution in [2.75, 3.05) is 20.3 Å². The molecule has 1 saturated heterocycles. The van der Waals surface area contributed by atoms with Crippen LogP contribution in [0.15, 0.2) is 21.9 Å². The molecule has 0 amide bonds. The molecule has 0 bridgehead atoms. The molecular formula is C13H20Cl2N2O10P2. The number of ether oxygens (including phenoxy) is 1. The van der Waals surface area contributed by atoms with E-state index in [-0.39, 0.29) is 13.0 Å². The predicted octanol–water partition coefficient (Wildman–Crippen LogP) is 2.31. The van der Waals surface area contributed by atoms with E-state index in [0.29, 0.717) is 6.42 Å². The molecule has 2 rings (SSSR count). The highest BCUT2D eigenvalue weighted by atomic mass is 35.5. The van der Waals surface area contributed by atoms with Crippen molar-refractivity contribution >= 4 is 38.8 Å². The van der Waals surface area contributed by atoms with Crippen LogP contribution in [0.1, 0.15) is 26.0 Å². The van der Waals surface area contributed by atoms with Gasteiger partial charge in [0.05, 0.1) is 19.3 Å². The second-order valence-electron chi connectivity index (χ2n) is 5.90. The minimum Gasteiger partial charge on any atom is -0.349 e. The molecule has 0 aliphatic carbocycles. The molecule has 16 heteroatoms. The van der Waals surface area contributed by atoms with E-state index in [2.05, 4.69) is 8.83 Å². The minimum atomic E-state index is -4.68. The highest BCUT2D eigenvalue weighted by Crippen LogP contribution is 2.63. The number of halogens is 2. The normalized spacial score (nSPS) is 25.4. The predicted molar refractivity (Wildman–Crippen MR) is 102 cm³/mol. The third-order valence-corrected chi connectivity index (χ3v) is 7.33. The summed E-state index contributed by atoms with van der Waals surface area (Å²) in [7, 11) is -8.29. The van der Waals surface area contributed by atoms with Crippen LogP contribution in [0.25, 0.3) is 0 Å². The fourth-order valence-corrected chi connectivity index (χ4v) is 5.48. The lowest BCUT2D eigenvalue weighted by molar-refractivity contribution is -0.0275. The van der Waals surface area contributed by atoms with Crippen molar-refractivity contribution in [2.45, 2.75) is 36.4 Å². The summed E-state index contributed by atoms with van der Waals surface area (Å²) in [5.41, 5.74) is -1.41. The zero-order valence-electron chi connectivity index (χ0n) is 15.4. The summed E-state index contributed by atoms with van der Waals surface area (Å²) in [6, 6.07) is 1.09. The van der Waals surface area contributed by atoms with Gasteiger partial charge in [-0.3, -0.25) is 27.9 Å². The largest absolute Gasteiger partial charge is 0.483 e. The molecule has 4 atom stereocenters. The van der Waals surface area contributed by atoms with E-state index in [1.807, 2.05) is 4.98 Å². The van der Waals surface area contributed by atoms with Crippen LogP contribution in [0.2, 0.25) is 0 Å². The average molecular weight is 497 g/mol. The van der Waals surface area contributed by atoms with E-state index in [9.17, 15) is 23.6 Å². The number of nitrogens with zero attached hydrogens (tertiary/aromatic N) is 1. The Kier molecular flexibility index (Phi) is 8.31. The third kappa shape index (κ3) is 6.73. The summed E-state index contributed by atoms with van der Waals surface area (Å²) in [6.45, 7) is 1.17. The molecule has 2 heterocycles. The lowest BCUT2D eigenvalue weighted by Crippen LogP contribution is -2.36. The molecule has 166 valence electrons. The van der Waals surface area contributed by atoms with E-state index in [1.54, 1.807) is 6.92 Å². The zero-order valence-corrected chi connectivity index (χ0v) is 18.7. The highest BCUT2D eigenvalue weighted by Gasteiger charge is 2.49. The number of phosphoric ester groups is 2. The molecule has 29 heavy (non-hydrogen) atoms. The number of H-pyrrole nitrogens is 1. The molecule has 0 aromatic carbocycles. The first kappa shape index (κ1) is 24.7. The lowest BCUT2D eigenvalue weighted by atomic mass is 10.2. The summed E-state index contributed by atoms with van der Waals surface area (Å²) in [4.78, 5) is 34.6. The molecule has 2 N–H and O–H groups in total. The Balaban J connectivity index is 2.13. The second kappa shape index (κ2) is 9.74. The van der Waals surface area contributed by atoms with Gasteiger partial charge in [0.1, 0.15) is 0 Å². The standard InChI is InChI=1S/C13H20Cl2N2O10P2/c1-3-6-24-29(22,27-28(20,21)23-2)25-8-9-7-13(14,15)11(26-9)17-5-4-10(18)16-12(17)19/h4-5,9,11H,3,6-8H2,1-2H3,(H,20,21)(H,16,18,19). The molecule has 1 aliphatic rings. The van der Waals surface area contributed by atoms with Gasteiger partial charge in [0.2, 0.25) is 0 Å². The van der Waals surface area contributed by atoms with Crippen LogP contribution in [0.3, 0.4) is 0 Å². The average Bonchev–Trinajstić information content (AvgIpc) is 2.92. The zero-order chi connectivity index (χ0) is 21.9. The summed E-state index contributed by atoms with van der Waals surface area (Å²) in [5, 5.41) is 0. The lowest BCUT2D eigenvalue weighted by Gasteiger charge is -2.22. The van der Waals surface area contributed by atoms with Crippen LogP contribution < -0.4 is 11.2 Å². The Morgan fingerprint density at radius 1 is 1.38 bits per heavy atom. The van der Waals surface area contributed by atoms with Crippen molar-refractivity contribution in [3.05, 3.63) is 33.1 Å². The first-order valence-corrected chi connectivity index (χ1v) is 12.0. The van der Waals surface area contributed by atoms with E-state index < -0.39 is 50.2 Å². The molecular weight excluding hydrogens is 477 g/mol. The molecule has 12 nitrogen and oxygen atoms in total. The van der Waals surface area contributed by atoms with Gasteiger partial charge in [-0.1, -0.05) is 30.1 Å². The van der Waals surface area contributed by atoms with E-state index in [1.165, 1.54) is 0 Å². The second-order valence-corrected chi connectivity index (χ2v) is 10.8. The van der Waals surface area contributed by atoms with E-state index in [4.69, 9.17) is 37.0 Å². The van der Waals surface area contributed by atoms with Gasteiger partial charge in [0.25, 0.3) is 5.56 Å². The Hall–Kier alpha value is -0.520. The molecule has 1 aromatic rings. The fourth-order valence-electron chi connectivity index (χ4n) is 2.34. The molecule has 0 radical (unpaired) electrons. The maximum Gasteiger partial charge on any atom is 0.483 e. The van der Waals surface area contributed by atoms with Gasteiger partial charge < -0.3 is 9.63 Å². The van der Waals surface area contributed by atoms with Gasteiger partial charge >= 0.3 is 21.3 Å². The van der Waals surface area contributed by atoms with Crippen molar-refractivity contribution in [3.63, 3.8) is 0 Å². The van der Waals surface area contributed by atoms with Gasteiger partial charge in [0.15, 0.2) is 10.6 Å². The number of alkyl halides is 2. The van der Waals surface area contributed by atoms with Crippen LogP contribution in [0.4, 0.5) is 0 Å². The van der Waals surface area contributed by atoms with Crippen LogP contribution in [-0.2, 0) is 31.7 Å². The van der Waals surface area contributed by atoms with Gasteiger partial charge in [0, 0.05) is 25.8 Å². The van der Waals surface area contributed by atoms with Gasteiger partial charge in [-0.2, -0.15) is 4.31 Å². The Morgan fingerprint density at radius 3 is 2.66 bits per heavy atom. The van der Waals surface area contributed by atoms with Gasteiger partial charge in [-0.05, 0) is 6.42 Å². The number of hydrogen-bond acceptors (Lipinski definition) is 9. The van der Waals surface area contributed by atoms with Gasteiger partial charge in [-0.15, -0.1) is 0 Å². The fraction of sp³-hybridized carbons (Fsp3) is 0.692. The number of aromatic nitrogens is 2. The number of rotatable bonds is 10. The smallest absolute Gasteiger partial charge is 0.349 e. The Bertz CT molecular complexity index is 919. The summed E-state index contributed by atoms with van der Waals surface area (Å²) in [5.74, 6) is 0. The summed E-state index contributed by atoms with van der Waals surface area (Å²) >= 11 is 12.5. The monoisotopic (exact) mass is 496 g/mol. The SMILES string of the molecule is CCCOP(=O)(OCC1CC(Cl)(Cl)C(n2ccc(=O)[nH]c2=O)O1)OP(=O)(O)OC. The van der Waals surface area contributed by atoms with Crippen molar-refractivity contribution < 1.29 is 36.6 Å². The minimum absolute atomic E-state index is 0.0683. The number of aromatic amines is 1. The van der Waals surface area contributed by atoms with E-state index in [0.717, 1.165) is 23.9 Å². The summed E-state index contributed by atoms with van der Waals surface area (Å²) in [6.07, 6.45) is -0.572. The Labute approximate surface area is 175 Å². The van der Waals surface area contributed by atoms with Crippen molar-refractivity contribution in [1.29, 1.82) is 0 Å². The van der Waals surface area contributed by atoms with Crippen LogP contribution in [0.5, 0.6) is 0 Å². The quantitative estimate of drug-likeness (QED) is 0.363. The molecule has 4 unspecified atom stereocenters. The van der Waals surface area contributed by atoms with Crippen molar-refractivity contribution in [2.24, 2.45) is 0 Å². The van der Waals surface area contributed by atoms with Gasteiger partial charge in [-0.25, -0.2) is 13.9 Å². The number of nitrogens with one attached hydrogen (secondary N) is 1. The Morgan fingerprint density at radius 2 is 2.07 bits per heavy atom. The highest BCUT2D eigenvalue weighted by molar-refractivity contribution is 7.61. The summed E-state index contributed by atoms with van der Waals surface area (Å²) < 4.78 is 48.0. The van der Waals surface area contributed by atoms with Crippen molar-refractivity contribution in [3.8, 4) is 0 Å². The number of phosphoric acid groups is 2. The van der Waals surface area contributed by atoms with E-state index >= 15 is 0 Å². The maximum absolute atomic E-state index is 12.6. The van der Waals surface area contributed by atoms with Crippen LogP contribution in [0, 0.1) is 0 Å². The third-order valence-electron chi connectivity index (χ3n) is 3.59. The molecule has 1 fully saturated rings. The molecule has 0 saturated carbocycles. The first-order valence-electron chi connectivity index (χ1n) is 8.25. The maximum atomic E-state index is 12.6. The molecule has 0 spiro atoms. The van der Waals surface area contributed by atoms with Crippen molar-refractivity contribution in [1.82, 2.24) is 9.55 Å². The molecule has 1 aromatic heterocycles. The van der Waals surface area contributed by atoms with Crippen LogP contribution in [-0.4, -0.2) is 45.2 Å².